The van der Waals surface area contributed by atoms with E-state index < -0.39 is 51.7 Å². The van der Waals surface area contributed by atoms with Crippen LogP contribution >= 0.6 is 0 Å². The van der Waals surface area contributed by atoms with Crippen LogP contribution in [0.15, 0.2) is 13.8 Å². The van der Waals surface area contributed by atoms with E-state index in [1.165, 1.54) is 0 Å². The van der Waals surface area contributed by atoms with Crippen molar-refractivity contribution < 1.29 is 26.7 Å². The SMILES string of the molecule is NC1=NS(C2CCCCC2)=NC(Oc2c(F)c(F)c(F)c(F)c2F)=N1. The van der Waals surface area contributed by atoms with Gasteiger partial charge in [0.15, 0.2) is 0 Å². The van der Waals surface area contributed by atoms with E-state index >= 15 is 0 Å². The number of halogens is 5. The summed E-state index contributed by atoms with van der Waals surface area (Å²) >= 11 is 0. The molecular weight excluding hydrogens is 367 g/mol. The van der Waals surface area contributed by atoms with Crippen molar-refractivity contribution in [1.29, 1.82) is 0 Å². The van der Waals surface area contributed by atoms with Crippen LogP contribution in [0.1, 0.15) is 32.1 Å². The third-order valence-electron chi connectivity index (χ3n) is 3.78. The van der Waals surface area contributed by atoms with Crippen LogP contribution in [0.3, 0.4) is 0 Å². The summed E-state index contributed by atoms with van der Waals surface area (Å²) in [7, 11) is -0.968. The molecular formula is C14H13F5N4OS. The maximum atomic E-state index is 13.7. The van der Waals surface area contributed by atoms with Crippen molar-refractivity contribution in [3.63, 3.8) is 0 Å². The number of rotatable bonds is 2. The first-order valence-electron chi connectivity index (χ1n) is 7.45. The minimum Gasteiger partial charge on any atom is -0.417 e. The lowest BCUT2D eigenvalue weighted by Gasteiger charge is -2.23. The van der Waals surface area contributed by atoms with Crippen molar-refractivity contribution in [2.75, 3.05) is 0 Å². The lowest BCUT2D eigenvalue weighted by atomic mass is 10.0. The maximum Gasteiger partial charge on any atom is 0.333 e. The first-order chi connectivity index (χ1) is 11.9. The molecule has 25 heavy (non-hydrogen) atoms. The van der Waals surface area contributed by atoms with Gasteiger partial charge in [0.05, 0.1) is 0 Å². The summed E-state index contributed by atoms with van der Waals surface area (Å²) in [5.41, 5.74) is 5.57. The quantitative estimate of drug-likeness (QED) is 0.485. The van der Waals surface area contributed by atoms with Gasteiger partial charge in [-0.3, -0.25) is 0 Å². The first kappa shape index (κ1) is 17.8. The Balaban J connectivity index is 1.93. The van der Waals surface area contributed by atoms with Crippen LogP contribution in [-0.4, -0.2) is 17.2 Å². The third kappa shape index (κ3) is 3.51. The number of amidine groups is 1. The predicted octanol–water partition coefficient (Wildman–Crippen LogP) is 3.49. The summed E-state index contributed by atoms with van der Waals surface area (Å²) < 4.78 is 79.8. The summed E-state index contributed by atoms with van der Waals surface area (Å²) in [6.45, 7) is 0. The third-order valence-corrected chi connectivity index (χ3v) is 5.57. The van der Waals surface area contributed by atoms with E-state index in [9.17, 15) is 22.0 Å². The summed E-state index contributed by atoms with van der Waals surface area (Å²) in [5, 5.41) is 0.0813. The molecule has 2 aliphatic rings. The fraction of sp³-hybridized carbons (Fsp3) is 0.429. The average Bonchev–Trinajstić information content (AvgIpc) is 2.62. The van der Waals surface area contributed by atoms with Crippen molar-refractivity contribution in [2.45, 2.75) is 37.4 Å². The number of ether oxygens (including phenoxy) is 1. The lowest BCUT2D eigenvalue weighted by molar-refractivity contribution is 0.344. The molecule has 11 heteroatoms. The van der Waals surface area contributed by atoms with Crippen molar-refractivity contribution in [3.8, 4) is 5.75 Å². The van der Waals surface area contributed by atoms with Crippen LogP contribution in [0, 0.1) is 29.1 Å². The average molecular weight is 380 g/mol. The summed E-state index contributed by atoms with van der Waals surface area (Å²) in [4.78, 5) is 3.58. The highest BCUT2D eigenvalue weighted by atomic mass is 32.2. The molecule has 0 amide bonds. The van der Waals surface area contributed by atoms with Crippen LogP contribution in [0.25, 0.3) is 0 Å². The van der Waals surface area contributed by atoms with Crippen molar-refractivity contribution >= 4 is 22.9 Å². The number of guanidine groups is 1. The van der Waals surface area contributed by atoms with Crippen molar-refractivity contribution in [1.82, 2.24) is 0 Å². The minimum absolute atomic E-state index is 0.0813. The van der Waals surface area contributed by atoms with Gasteiger partial charge in [0, 0.05) is 16.1 Å². The monoisotopic (exact) mass is 380 g/mol. The summed E-state index contributed by atoms with van der Waals surface area (Å²) in [5.74, 6) is -12.4. The number of hydrogen-bond acceptors (Lipinski definition) is 5. The van der Waals surface area contributed by atoms with E-state index in [0.29, 0.717) is 0 Å². The molecule has 1 aliphatic carbocycles. The van der Waals surface area contributed by atoms with Crippen LogP contribution in [0.5, 0.6) is 5.75 Å². The van der Waals surface area contributed by atoms with E-state index in [1.54, 1.807) is 0 Å². The van der Waals surface area contributed by atoms with E-state index in [2.05, 4.69) is 13.8 Å². The molecule has 1 heterocycles. The minimum atomic E-state index is -2.27. The highest BCUT2D eigenvalue weighted by Crippen LogP contribution is 2.30. The van der Waals surface area contributed by atoms with E-state index in [0.717, 1.165) is 32.1 Å². The number of nitrogens with two attached hydrogens (primary N) is 1. The fourth-order valence-electron chi connectivity index (χ4n) is 2.57. The molecule has 136 valence electrons. The second-order valence-corrected chi connectivity index (χ2v) is 7.11. The standard InChI is InChI=1S/C14H13F5N4OS/c15-7-8(16)10(18)12(11(19)9(7)17)24-14-21-13(20)22-25(23-14)6-4-2-1-3-5-6/h6H,1-5H2,(H2,20,21,22,23). The van der Waals surface area contributed by atoms with Gasteiger partial charge in [0.25, 0.3) is 0 Å². The predicted molar refractivity (Wildman–Crippen MR) is 82.6 cm³/mol. The van der Waals surface area contributed by atoms with E-state index in [-0.39, 0.29) is 11.2 Å². The van der Waals surface area contributed by atoms with Crippen LogP contribution < -0.4 is 10.5 Å². The molecule has 1 aromatic rings. The molecule has 0 spiro atoms. The van der Waals surface area contributed by atoms with Gasteiger partial charge in [0.1, 0.15) is 0 Å². The topological polar surface area (TPSA) is 72.3 Å². The number of nitrogens with zero attached hydrogens (tertiary/aromatic N) is 3. The van der Waals surface area contributed by atoms with E-state index in [1.807, 2.05) is 0 Å². The molecule has 0 bridgehead atoms. The highest BCUT2D eigenvalue weighted by molar-refractivity contribution is 7.87. The molecule has 0 aromatic heterocycles. The van der Waals surface area contributed by atoms with Gasteiger partial charge >= 0.3 is 6.02 Å². The van der Waals surface area contributed by atoms with Gasteiger partial charge in [-0.05, 0) is 12.8 Å². The van der Waals surface area contributed by atoms with Gasteiger partial charge in [-0.25, -0.2) is 13.2 Å². The Morgan fingerprint density at radius 3 is 2.04 bits per heavy atom. The summed E-state index contributed by atoms with van der Waals surface area (Å²) in [6, 6.07) is -0.579. The van der Waals surface area contributed by atoms with Gasteiger partial charge in [-0.15, -0.1) is 0 Å². The molecule has 1 aliphatic heterocycles. The second kappa shape index (κ2) is 7.06. The number of hydrogen-bond donors (Lipinski definition) is 1. The molecule has 1 atom stereocenters. The normalized spacial score (nSPS) is 21.4. The zero-order valence-corrected chi connectivity index (χ0v) is 13.6. The maximum absolute atomic E-state index is 13.7. The van der Waals surface area contributed by atoms with Crippen molar-refractivity contribution in [3.05, 3.63) is 29.1 Å². The van der Waals surface area contributed by atoms with Crippen LogP contribution in [0.2, 0.25) is 0 Å². The largest absolute Gasteiger partial charge is 0.417 e. The lowest BCUT2D eigenvalue weighted by Crippen LogP contribution is -2.26. The molecule has 5 nitrogen and oxygen atoms in total. The molecule has 1 unspecified atom stereocenters. The molecule has 3 rings (SSSR count). The zero-order valence-electron chi connectivity index (χ0n) is 12.7. The summed E-state index contributed by atoms with van der Waals surface area (Å²) in [6.07, 6.45) is 4.77. The molecule has 2 N–H and O–H groups in total. The Bertz CT molecular complexity index is 776. The van der Waals surface area contributed by atoms with Gasteiger partial charge in [0.2, 0.25) is 40.8 Å². The van der Waals surface area contributed by atoms with Gasteiger partial charge in [-0.2, -0.15) is 22.5 Å². The van der Waals surface area contributed by atoms with Gasteiger partial charge < -0.3 is 10.5 Å². The van der Waals surface area contributed by atoms with Crippen LogP contribution in [0.4, 0.5) is 22.0 Å². The fourth-order valence-corrected chi connectivity index (χ4v) is 4.13. The Morgan fingerprint density at radius 1 is 0.880 bits per heavy atom. The first-order valence-corrected chi connectivity index (χ1v) is 8.66. The second-order valence-electron chi connectivity index (χ2n) is 5.49. The van der Waals surface area contributed by atoms with Crippen LogP contribution in [-0.2, 0) is 10.9 Å². The number of benzene rings is 1. The Morgan fingerprint density at radius 2 is 1.44 bits per heavy atom. The molecule has 1 saturated carbocycles. The molecule has 0 saturated heterocycles. The number of aliphatic imine (C=N–C) groups is 1. The van der Waals surface area contributed by atoms with Gasteiger partial charge in [-0.1, -0.05) is 19.3 Å². The Hall–Kier alpha value is -2.04. The zero-order chi connectivity index (χ0) is 18.1. The Kier molecular flexibility index (Phi) is 5.02. The molecule has 1 aromatic carbocycles. The molecule has 0 radical (unpaired) electrons. The smallest absolute Gasteiger partial charge is 0.333 e. The van der Waals surface area contributed by atoms with Crippen molar-refractivity contribution in [2.24, 2.45) is 19.5 Å². The Labute approximate surface area is 142 Å². The molecule has 1 fully saturated rings. The van der Waals surface area contributed by atoms with E-state index in [4.69, 9.17) is 10.5 Å². The highest BCUT2D eigenvalue weighted by Gasteiger charge is 2.29.